The molecule has 2 aliphatic heterocycles. The van der Waals surface area contributed by atoms with Gasteiger partial charge in [-0.05, 0) is 38.8 Å². The van der Waals surface area contributed by atoms with E-state index in [1.165, 1.54) is 10.7 Å². The van der Waals surface area contributed by atoms with E-state index in [9.17, 15) is 9.59 Å². The number of ether oxygens (including phenoxy) is 1. The Hall–Kier alpha value is -2.63. The molecule has 1 aromatic heterocycles. The Morgan fingerprint density at radius 2 is 2.12 bits per heavy atom. The number of likely N-dealkylation sites (tertiary alicyclic amines) is 1. The molecule has 2 aliphatic rings. The molecule has 25 heavy (non-hydrogen) atoms. The zero-order chi connectivity index (χ0) is 17.6. The normalized spacial score (nSPS) is 17.6. The van der Waals surface area contributed by atoms with Gasteiger partial charge < -0.3 is 9.64 Å². The third-order valence-electron chi connectivity index (χ3n) is 5.09. The number of carbonyl (C=O) groups is 1. The molecule has 0 unspecified atom stereocenters. The van der Waals surface area contributed by atoms with Crippen LogP contribution in [0.4, 0.5) is 0 Å². The van der Waals surface area contributed by atoms with Gasteiger partial charge in [0.05, 0.1) is 0 Å². The second-order valence-electron chi connectivity index (χ2n) is 7.26. The molecule has 0 bridgehead atoms. The maximum Gasteiger partial charge on any atom is 0.267 e. The predicted molar refractivity (Wildman–Crippen MR) is 93.3 cm³/mol. The van der Waals surface area contributed by atoms with Gasteiger partial charge in [0.2, 0.25) is 5.91 Å². The van der Waals surface area contributed by atoms with E-state index in [2.05, 4.69) is 18.9 Å². The van der Waals surface area contributed by atoms with Crippen molar-refractivity contribution in [3.8, 4) is 17.0 Å². The molecule has 0 atom stereocenters. The average Bonchev–Trinajstić information content (AvgIpc) is 2.95. The number of benzene rings is 1. The number of amides is 1. The third kappa shape index (κ3) is 2.71. The van der Waals surface area contributed by atoms with Crippen LogP contribution in [0, 0.1) is 0 Å². The van der Waals surface area contributed by atoms with Gasteiger partial charge in [0.15, 0.2) is 0 Å². The van der Waals surface area contributed by atoms with Crippen molar-refractivity contribution in [2.24, 2.45) is 0 Å². The lowest BCUT2D eigenvalue weighted by molar-refractivity contribution is -0.135. The lowest BCUT2D eigenvalue weighted by Gasteiger charge is -2.31. The third-order valence-corrected chi connectivity index (χ3v) is 5.09. The first-order valence-electron chi connectivity index (χ1n) is 8.59. The summed E-state index contributed by atoms with van der Waals surface area (Å²) in [7, 11) is 0. The summed E-state index contributed by atoms with van der Waals surface area (Å²) < 4.78 is 6.95. The van der Waals surface area contributed by atoms with Crippen LogP contribution in [0.2, 0.25) is 0 Å². The molecule has 4 rings (SSSR count). The standard InChI is InChI=1S/C19H21N3O3/c1-19(2)8-5-9-21(19)17(24)11-22-16(23)10-13-12-25-15-7-4-3-6-14(15)18(13)20-22/h3-4,6-7,10H,5,8-9,11-12H2,1-2H3. The summed E-state index contributed by atoms with van der Waals surface area (Å²) in [4.78, 5) is 26.9. The minimum Gasteiger partial charge on any atom is -0.488 e. The first kappa shape index (κ1) is 15.9. The molecule has 0 saturated carbocycles. The van der Waals surface area contributed by atoms with Crippen molar-refractivity contribution in [2.75, 3.05) is 6.54 Å². The van der Waals surface area contributed by atoms with E-state index in [0.29, 0.717) is 6.61 Å². The molecule has 6 heteroatoms. The van der Waals surface area contributed by atoms with Crippen LogP contribution in [-0.4, -0.2) is 32.7 Å². The molecular weight excluding hydrogens is 318 g/mol. The molecule has 0 radical (unpaired) electrons. The molecule has 130 valence electrons. The number of rotatable bonds is 2. The van der Waals surface area contributed by atoms with Crippen LogP contribution >= 0.6 is 0 Å². The second kappa shape index (κ2) is 5.72. The molecule has 6 nitrogen and oxygen atoms in total. The highest BCUT2D eigenvalue weighted by Gasteiger charge is 2.35. The number of nitrogens with zero attached hydrogens (tertiary/aromatic N) is 3. The number of hydrogen-bond acceptors (Lipinski definition) is 4. The van der Waals surface area contributed by atoms with Crippen LogP contribution in [0.1, 0.15) is 32.3 Å². The van der Waals surface area contributed by atoms with E-state index in [0.717, 1.165) is 42.0 Å². The number of para-hydroxylation sites is 1. The fourth-order valence-electron chi connectivity index (χ4n) is 3.70. The van der Waals surface area contributed by atoms with Crippen molar-refractivity contribution in [3.05, 3.63) is 46.2 Å². The van der Waals surface area contributed by atoms with Crippen molar-refractivity contribution in [1.82, 2.24) is 14.7 Å². The molecule has 1 amide bonds. The molecule has 3 heterocycles. The molecule has 1 saturated heterocycles. The zero-order valence-corrected chi connectivity index (χ0v) is 14.5. The Kier molecular flexibility index (Phi) is 3.63. The molecule has 2 aromatic rings. The van der Waals surface area contributed by atoms with Gasteiger partial charge in [0, 0.05) is 29.3 Å². The average molecular weight is 339 g/mol. The maximum absolute atomic E-state index is 12.7. The lowest BCUT2D eigenvalue weighted by atomic mass is 10.0. The van der Waals surface area contributed by atoms with Crippen LogP contribution in [-0.2, 0) is 17.9 Å². The number of aromatic nitrogens is 2. The van der Waals surface area contributed by atoms with Crippen molar-refractivity contribution in [1.29, 1.82) is 0 Å². The fourth-order valence-corrected chi connectivity index (χ4v) is 3.70. The topological polar surface area (TPSA) is 64.4 Å². The summed E-state index contributed by atoms with van der Waals surface area (Å²) in [5.74, 6) is 0.692. The first-order chi connectivity index (χ1) is 12.0. The minimum atomic E-state index is -0.271. The van der Waals surface area contributed by atoms with E-state index in [1.54, 1.807) is 0 Å². The van der Waals surface area contributed by atoms with Crippen molar-refractivity contribution in [2.45, 2.75) is 45.4 Å². The summed E-state index contributed by atoms with van der Waals surface area (Å²) in [6, 6.07) is 9.14. The molecular formula is C19H21N3O3. The highest BCUT2D eigenvalue weighted by molar-refractivity contribution is 5.77. The first-order valence-corrected chi connectivity index (χ1v) is 8.59. The summed E-state index contributed by atoms with van der Waals surface area (Å²) in [6.45, 7) is 5.16. The van der Waals surface area contributed by atoms with Crippen LogP contribution < -0.4 is 10.3 Å². The number of fused-ring (bicyclic) bond motifs is 3. The van der Waals surface area contributed by atoms with Gasteiger partial charge in [-0.25, -0.2) is 4.68 Å². The second-order valence-corrected chi connectivity index (χ2v) is 7.26. The molecule has 0 spiro atoms. The van der Waals surface area contributed by atoms with E-state index in [1.807, 2.05) is 29.2 Å². The van der Waals surface area contributed by atoms with Gasteiger partial charge in [-0.3, -0.25) is 9.59 Å². The lowest BCUT2D eigenvalue weighted by Crippen LogP contribution is -2.45. The zero-order valence-electron chi connectivity index (χ0n) is 14.5. The van der Waals surface area contributed by atoms with Gasteiger partial charge in [-0.1, -0.05) is 12.1 Å². The molecule has 1 aromatic carbocycles. The van der Waals surface area contributed by atoms with Crippen LogP contribution in [0.25, 0.3) is 11.3 Å². The maximum atomic E-state index is 12.7. The van der Waals surface area contributed by atoms with Crippen molar-refractivity contribution in [3.63, 3.8) is 0 Å². The number of hydrogen-bond donors (Lipinski definition) is 0. The highest BCUT2D eigenvalue weighted by Crippen LogP contribution is 2.35. The van der Waals surface area contributed by atoms with Gasteiger partial charge in [0.1, 0.15) is 24.6 Å². The van der Waals surface area contributed by atoms with Crippen LogP contribution in [0.15, 0.2) is 35.1 Å². The Labute approximate surface area is 146 Å². The van der Waals surface area contributed by atoms with E-state index in [4.69, 9.17) is 4.74 Å². The van der Waals surface area contributed by atoms with Gasteiger partial charge >= 0.3 is 0 Å². The fraction of sp³-hybridized carbons (Fsp3) is 0.421. The number of carbonyl (C=O) groups excluding carboxylic acids is 1. The monoisotopic (exact) mass is 339 g/mol. The van der Waals surface area contributed by atoms with E-state index < -0.39 is 0 Å². The van der Waals surface area contributed by atoms with Crippen molar-refractivity contribution < 1.29 is 9.53 Å². The molecule has 1 fully saturated rings. The van der Waals surface area contributed by atoms with E-state index >= 15 is 0 Å². The Morgan fingerprint density at radius 3 is 2.88 bits per heavy atom. The summed E-state index contributed by atoms with van der Waals surface area (Å²) in [6.07, 6.45) is 1.98. The van der Waals surface area contributed by atoms with E-state index in [-0.39, 0.29) is 23.6 Å². The van der Waals surface area contributed by atoms with Gasteiger partial charge in [0.25, 0.3) is 5.56 Å². The largest absolute Gasteiger partial charge is 0.488 e. The van der Waals surface area contributed by atoms with Crippen molar-refractivity contribution >= 4 is 5.91 Å². The minimum absolute atomic E-state index is 0.0292. The molecule has 0 aliphatic carbocycles. The van der Waals surface area contributed by atoms with Crippen LogP contribution in [0.5, 0.6) is 5.75 Å². The summed E-state index contributed by atoms with van der Waals surface area (Å²) >= 11 is 0. The predicted octanol–water partition coefficient (Wildman–Crippen LogP) is 2.20. The van der Waals surface area contributed by atoms with Crippen LogP contribution in [0.3, 0.4) is 0 Å². The smallest absolute Gasteiger partial charge is 0.267 e. The summed E-state index contributed by atoms with van der Waals surface area (Å²) in [5, 5.41) is 4.49. The SMILES string of the molecule is CC1(C)CCCN1C(=O)Cn1nc2c(cc1=O)COc1ccccc1-2. The Bertz CT molecular complexity index is 901. The Morgan fingerprint density at radius 1 is 1.32 bits per heavy atom. The molecule has 0 N–H and O–H groups in total. The van der Waals surface area contributed by atoms with Gasteiger partial charge in [-0.15, -0.1) is 0 Å². The highest BCUT2D eigenvalue weighted by atomic mass is 16.5. The summed E-state index contributed by atoms with van der Waals surface area (Å²) in [5.41, 5.74) is 1.90. The van der Waals surface area contributed by atoms with Gasteiger partial charge in [-0.2, -0.15) is 5.10 Å². The quantitative estimate of drug-likeness (QED) is 0.841. The Balaban J connectivity index is 1.68.